The first kappa shape index (κ1) is 13.0. The van der Waals surface area contributed by atoms with Crippen molar-refractivity contribution in [2.24, 2.45) is 0 Å². The first-order chi connectivity index (χ1) is 8.72. The molecule has 3 nitrogen and oxygen atoms in total. The average molecular weight is 246 g/mol. The molecule has 18 heavy (non-hydrogen) atoms. The second kappa shape index (κ2) is 5.91. The highest BCUT2D eigenvalue weighted by molar-refractivity contribution is 5.86. The molecule has 0 aliphatic rings. The Morgan fingerprint density at radius 2 is 2.11 bits per heavy atom. The van der Waals surface area contributed by atoms with Gasteiger partial charge in [-0.25, -0.2) is 0 Å². The Hall–Kier alpha value is -1.48. The fourth-order valence-corrected chi connectivity index (χ4v) is 2.15. The van der Waals surface area contributed by atoms with Crippen LogP contribution >= 0.6 is 0 Å². The molecule has 0 aliphatic carbocycles. The molecular formula is C15H22N2O. The van der Waals surface area contributed by atoms with Crippen molar-refractivity contribution >= 4 is 10.9 Å². The summed E-state index contributed by atoms with van der Waals surface area (Å²) < 4.78 is 7.92. The predicted molar refractivity (Wildman–Crippen MR) is 76.2 cm³/mol. The van der Waals surface area contributed by atoms with Crippen molar-refractivity contribution in [3.63, 3.8) is 0 Å². The molecule has 98 valence electrons. The van der Waals surface area contributed by atoms with E-state index >= 15 is 0 Å². The maximum absolute atomic E-state index is 5.65. The van der Waals surface area contributed by atoms with Crippen molar-refractivity contribution in [2.75, 3.05) is 13.2 Å². The fraction of sp³-hybridized carbons (Fsp3) is 0.467. The van der Waals surface area contributed by atoms with E-state index in [4.69, 9.17) is 4.74 Å². The minimum Gasteiger partial charge on any atom is -0.493 e. The van der Waals surface area contributed by atoms with E-state index in [0.29, 0.717) is 12.6 Å². The molecule has 1 aromatic heterocycles. The first-order valence-electron chi connectivity index (χ1n) is 6.66. The van der Waals surface area contributed by atoms with Crippen LogP contribution in [0.4, 0.5) is 0 Å². The third kappa shape index (κ3) is 2.85. The van der Waals surface area contributed by atoms with Gasteiger partial charge in [-0.05, 0) is 25.1 Å². The van der Waals surface area contributed by atoms with E-state index in [2.05, 4.69) is 48.1 Å². The lowest BCUT2D eigenvalue weighted by Crippen LogP contribution is -2.26. The molecule has 1 heterocycles. The van der Waals surface area contributed by atoms with Gasteiger partial charge in [-0.3, -0.25) is 0 Å². The van der Waals surface area contributed by atoms with E-state index in [1.807, 2.05) is 13.0 Å². The zero-order chi connectivity index (χ0) is 13.0. The highest BCUT2D eigenvalue weighted by Crippen LogP contribution is 2.26. The van der Waals surface area contributed by atoms with E-state index < -0.39 is 0 Å². The molecule has 0 amide bonds. The van der Waals surface area contributed by atoms with Gasteiger partial charge in [0.2, 0.25) is 0 Å². The topological polar surface area (TPSA) is 26.2 Å². The van der Waals surface area contributed by atoms with E-state index in [1.165, 1.54) is 10.9 Å². The van der Waals surface area contributed by atoms with Gasteiger partial charge < -0.3 is 14.6 Å². The Morgan fingerprint density at radius 3 is 2.83 bits per heavy atom. The normalized spacial score (nSPS) is 11.3. The van der Waals surface area contributed by atoms with Gasteiger partial charge >= 0.3 is 0 Å². The molecule has 0 bridgehead atoms. The highest BCUT2D eigenvalue weighted by Gasteiger charge is 2.05. The quantitative estimate of drug-likeness (QED) is 0.848. The van der Waals surface area contributed by atoms with Gasteiger partial charge in [-0.1, -0.05) is 19.9 Å². The molecule has 0 saturated carbocycles. The molecule has 0 radical (unpaired) electrons. The fourth-order valence-electron chi connectivity index (χ4n) is 2.15. The lowest BCUT2D eigenvalue weighted by Gasteiger charge is -2.10. The van der Waals surface area contributed by atoms with Crippen LogP contribution in [0.25, 0.3) is 10.9 Å². The van der Waals surface area contributed by atoms with Gasteiger partial charge in [-0.15, -0.1) is 0 Å². The summed E-state index contributed by atoms with van der Waals surface area (Å²) in [6.45, 7) is 9.03. The van der Waals surface area contributed by atoms with Crippen molar-refractivity contribution < 1.29 is 4.74 Å². The van der Waals surface area contributed by atoms with Crippen molar-refractivity contribution in [3.05, 3.63) is 30.5 Å². The number of nitrogens with one attached hydrogen (secondary N) is 1. The van der Waals surface area contributed by atoms with Gasteiger partial charge in [0.05, 0.1) is 12.1 Å². The van der Waals surface area contributed by atoms with Crippen LogP contribution in [-0.4, -0.2) is 23.8 Å². The molecular weight excluding hydrogens is 224 g/mol. The van der Waals surface area contributed by atoms with Gasteiger partial charge in [0, 0.05) is 30.7 Å². The number of rotatable bonds is 6. The number of ether oxygens (including phenoxy) is 1. The van der Waals surface area contributed by atoms with Crippen LogP contribution in [0.5, 0.6) is 5.75 Å². The van der Waals surface area contributed by atoms with Crippen LogP contribution in [0.1, 0.15) is 20.8 Å². The molecule has 0 aliphatic heterocycles. The van der Waals surface area contributed by atoms with Gasteiger partial charge in [0.15, 0.2) is 0 Å². The molecule has 0 fully saturated rings. The number of aromatic nitrogens is 1. The maximum Gasteiger partial charge on any atom is 0.128 e. The Kier molecular flexibility index (Phi) is 4.26. The van der Waals surface area contributed by atoms with Gasteiger partial charge in [-0.2, -0.15) is 0 Å². The van der Waals surface area contributed by atoms with E-state index in [-0.39, 0.29) is 0 Å². The summed E-state index contributed by atoms with van der Waals surface area (Å²) in [4.78, 5) is 0. The van der Waals surface area contributed by atoms with Crippen molar-refractivity contribution in [2.45, 2.75) is 33.4 Å². The molecule has 0 spiro atoms. The minimum atomic E-state index is 0.533. The molecule has 2 aromatic rings. The number of hydrogen-bond acceptors (Lipinski definition) is 2. The standard InChI is InChI=1S/C15H22N2O/c1-4-18-15-7-5-6-14-13(15)8-10-17(14)11-9-16-12(2)3/h5-8,10,12,16H,4,9,11H2,1-3H3. The number of fused-ring (bicyclic) bond motifs is 1. The molecule has 0 atom stereocenters. The smallest absolute Gasteiger partial charge is 0.128 e. The van der Waals surface area contributed by atoms with Crippen LogP contribution in [0.2, 0.25) is 0 Å². The minimum absolute atomic E-state index is 0.533. The maximum atomic E-state index is 5.65. The van der Waals surface area contributed by atoms with Crippen LogP contribution in [0.15, 0.2) is 30.5 Å². The SMILES string of the molecule is CCOc1cccc2c1ccn2CCNC(C)C. The van der Waals surface area contributed by atoms with Crippen molar-refractivity contribution in [3.8, 4) is 5.75 Å². The Balaban J connectivity index is 2.17. The number of benzene rings is 1. The summed E-state index contributed by atoms with van der Waals surface area (Å²) in [5, 5.41) is 4.63. The van der Waals surface area contributed by atoms with Crippen LogP contribution in [0.3, 0.4) is 0 Å². The monoisotopic (exact) mass is 246 g/mol. The summed E-state index contributed by atoms with van der Waals surface area (Å²) >= 11 is 0. The predicted octanol–water partition coefficient (Wildman–Crippen LogP) is 3.04. The summed E-state index contributed by atoms with van der Waals surface area (Å²) in [6.07, 6.45) is 2.13. The Bertz CT molecular complexity index is 502. The number of nitrogens with zero attached hydrogens (tertiary/aromatic N) is 1. The molecule has 1 aromatic carbocycles. The lowest BCUT2D eigenvalue weighted by atomic mass is 10.2. The third-order valence-corrected chi connectivity index (χ3v) is 2.98. The second-order valence-electron chi connectivity index (χ2n) is 4.74. The van der Waals surface area contributed by atoms with Crippen LogP contribution in [-0.2, 0) is 6.54 Å². The average Bonchev–Trinajstić information content (AvgIpc) is 2.74. The first-order valence-corrected chi connectivity index (χ1v) is 6.66. The lowest BCUT2D eigenvalue weighted by molar-refractivity contribution is 0.344. The zero-order valence-electron chi connectivity index (χ0n) is 11.4. The largest absolute Gasteiger partial charge is 0.493 e. The van der Waals surface area contributed by atoms with Crippen molar-refractivity contribution in [1.29, 1.82) is 0 Å². The molecule has 2 rings (SSSR count). The number of hydrogen-bond donors (Lipinski definition) is 1. The summed E-state index contributed by atoms with van der Waals surface area (Å²) in [6, 6.07) is 8.90. The summed E-state index contributed by atoms with van der Waals surface area (Å²) in [5.74, 6) is 0.977. The van der Waals surface area contributed by atoms with E-state index in [1.54, 1.807) is 0 Å². The highest BCUT2D eigenvalue weighted by atomic mass is 16.5. The van der Waals surface area contributed by atoms with Crippen LogP contribution in [0, 0.1) is 0 Å². The third-order valence-electron chi connectivity index (χ3n) is 2.98. The molecule has 3 heteroatoms. The Labute approximate surface area is 109 Å². The van der Waals surface area contributed by atoms with Crippen LogP contribution < -0.4 is 10.1 Å². The van der Waals surface area contributed by atoms with Crippen molar-refractivity contribution in [1.82, 2.24) is 9.88 Å². The van der Waals surface area contributed by atoms with E-state index in [9.17, 15) is 0 Å². The molecule has 0 saturated heterocycles. The summed E-state index contributed by atoms with van der Waals surface area (Å²) in [7, 11) is 0. The Morgan fingerprint density at radius 1 is 1.28 bits per heavy atom. The van der Waals surface area contributed by atoms with E-state index in [0.717, 1.165) is 18.8 Å². The molecule has 1 N–H and O–H groups in total. The van der Waals surface area contributed by atoms with Gasteiger partial charge in [0.1, 0.15) is 5.75 Å². The second-order valence-corrected chi connectivity index (χ2v) is 4.74. The summed E-state index contributed by atoms with van der Waals surface area (Å²) in [5.41, 5.74) is 1.24. The zero-order valence-corrected chi connectivity index (χ0v) is 11.4. The molecule has 0 unspecified atom stereocenters. The van der Waals surface area contributed by atoms with Gasteiger partial charge in [0.25, 0.3) is 0 Å².